The van der Waals surface area contributed by atoms with Gasteiger partial charge in [0.25, 0.3) is 0 Å². The number of thiazole rings is 1. The highest BCUT2D eigenvalue weighted by Crippen LogP contribution is 2.40. The molecule has 2 fully saturated rings. The fourth-order valence-corrected chi connectivity index (χ4v) is 4.40. The number of carbonyl (C=O) groups is 2. The molecule has 1 aromatic rings. The van der Waals surface area contributed by atoms with Gasteiger partial charge in [0.1, 0.15) is 0 Å². The Hall–Kier alpha value is -1.47. The number of aromatic nitrogens is 1. The fraction of sp³-hybridized carbons (Fsp3) is 0.706. The molecule has 6 nitrogen and oxygen atoms in total. The quantitative estimate of drug-likeness (QED) is 0.823. The van der Waals surface area contributed by atoms with E-state index in [9.17, 15) is 9.59 Å². The van der Waals surface area contributed by atoms with Crippen molar-refractivity contribution in [2.24, 2.45) is 5.41 Å². The van der Waals surface area contributed by atoms with Crippen molar-refractivity contribution in [3.8, 4) is 0 Å². The predicted octanol–water partition coefficient (Wildman–Crippen LogP) is 1.35. The van der Waals surface area contributed by atoms with Crippen LogP contribution in [-0.2, 0) is 16.1 Å². The number of hydrogen-bond donors (Lipinski definition) is 0. The molecule has 0 radical (unpaired) electrons. The third kappa shape index (κ3) is 3.47. The predicted molar refractivity (Wildman–Crippen MR) is 93.7 cm³/mol. The van der Waals surface area contributed by atoms with Crippen molar-refractivity contribution in [3.63, 3.8) is 0 Å². The molecule has 24 heavy (non-hydrogen) atoms. The third-order valence-electron chi connectivity index (χ3n) is 5.13. The monoisotopic (exact) mass is 350 g/mol. The van der Waals surface area contributed by atoms with Crippen LogP contribution < -0.4 is 0 Å². The van der Waals surface area contributed by atoms with E-state index in [1.165, 1.54) is 0 Å². The molecule has 0 unspecified atom stereocenters. The Morgan fingerprint density at radius 3 is 2.83 bits per heavy atom. The van der Waals surface area contributed by atoms with Gasteiger partial charge in [0.15, 0.2) is 0 Å². The first-order valence-electron chi connectivity index (χ1n) is 8.52. The summed E-state index contributed by atoms with van der Waals surface area (Å²) >= 11 is 1.67. The first kappa shape index (κ1) is 17.4. The molecule has 0 aliphatic carbocycles. The molecular formula is C17H26N4O2S. The zero-order valence-corrected chi connectivity index (χ0v) is 15.6. The molecule has 2 aliphatic heterocycles. The van der Waals surface area contributed by atoms with Gasteiger partial charge in [0.2, 0.25) is 11.8 Å². The molecule has 0 N–H and O–H groups in total. The summed E-state index contributed by atoms with van der Waals surface area (Å²) in [5, 5.41) is 3.19. The van der Waals surface area contributed by atoms with Crippen molar-refractivity contribution in [2.75, 3.05) is 40.3 Å². The van der Waals surface area contributed by atoms with Gasteiger partial charge < -0.3 is 9.80 Å². The summed E-state index contributed by atoms with van der Waals surface area (Å²) in [7, 11) is 3.47. The standard InChI is InChI=1S/C17H26N4O2S/c1-13-18-14(11-24-13)9-20-7-4-5-17(12-20)6-8-21(16(17)23)10-15(22)19(2)3/h11H,4-10,12H2,1-3H3/t17-/m0/s1. The zero-order valence-electron chi connectivity index (χ0n) is 14.7. The number of hydrogen-bond acceptors (Lipinski definition) is 5. The van der Waals surface area contributed by atoms with Gasteiger partial charge in [-0.2, -0.15) is 0 Å². The van der Waals surface area contributed by atoms with Crippen molar-refractivity contribution >= 4 is 23.2 Å². The van der Waals surface area contributed by atoms with E-state index in [1.807, 2.05) is 6.92 Å². The second-order valence-electron chi connectivity index (χ2n) is 7.22. The summed E-state index contributed by atoms with van der Waals surface area (Å²) in [5.74, 6) is 0.155. The summed E-state index contributed by atoms with van der Waals surface area (Å²) in [4.78, 5) is 35.1. The molecule has 0 saturated carbocycles. The highest BCUT2D eigenvalue weighted by atomic mass is 32.1. The Morgan fingerprint density at radius 2 is 2.17 bits per heavy atom. The maximum absolute atomic E-state index is 13.0. The Kier molecular flexibility index (Phi) is 4.92. The van der Waals surface area contributed by atoms with Crippen LogP contribution in [0.5, 0.6) is 0 Å². The summed E-state index contributed by atoms with van der Waals surface area (Å²) in [5.41, 5.74) is 0.801. The van der Waals surface area contributed by atoms with E-state index < -0.39 is 0 Å². The topological polar surface area (TPSA) is 56.8 Å². The van der Waals surface area contributed by atoms with Crippen LogP contribution in [0.15, 0.2) is 5.38 Å². The van der Waals surface area contributed by atoms with Crippen LogP contribution in [0.2, 0.25) is 0 Å². The normalized spacial score (nSPS) is 24.8. The van der Waals surface area contributed by atoms with Crippen LogP contribution in [0.4, 0.5) is 0 Å². The van der Waals surface area contributed by atoms with Crippen molar-refractivity contribution in [3.05, 3.63) is 16.1 Å². The molecule has 0 aromatic carbocycles. The van der Waals surface area contributed by atoms with Gasteiger partial charge in [-0.05, 0) is 32.7 Å². The highest BCUT2D eigenvalue weighted by Gasteiger charge is 2.49. The number of likely N-dealkylation sites (N-methyl/N-ethyl adjacent to an activating group) is 1. The second kappa shape index (κ2) is 6.80. The number of rotatable bonds is 4. The number of likely N-dealkylation sites (tertiary alicyclic amines) is 2. The number of carbonyl (C=O) groups excluding carboxylic acids is 2. The van der Waals surface area contributed by atoms with Gasteiger partial charge in [0, 0.05) is 39.1 Å². The minimum Gasteiger partial charge on any atom is -0.347 e. The molecule has 0 bridgehead atoms. The molecule has 1 spiro atoms. The van der Waals surface area contributed by atoms with Crippen LogP contribution in [-0.4, -0.2) is 71.8 Å². The molecule has 1 aromatic heterocycles. The van der Waals surface area contributed by atoms with Crippen molar-refractivity contribution in [1.29, 1.82) is 0 Å². The van der Waals surface area contributed by atoms with E-state index in [0.29, 0.717) is 6.54 Å². The van der Waals surface area contributed by atoms with Crippen LogP contribution in [0.25, 0.3) is 0 Å². The van der Waals surface area contributed by atoms with Crippen LogP contribution in [0.1, 0.15) is 30.0 Å². The second-order valence-corrected chi connectivity index (χ2v) is 8.28. The smallest absolute Gasteiger partial charge is 0.241 e. The number of amides is 2. The molecule has 132 valence electrons. The Bertz CT molecular complexity index is 630. The molecule has 1 atom stereocenters. The summed E-state index contributed by atoms with van der Waals surface area (Å²) < 4.78 is 0. The summed E-state index contributed by atoms with van der Waals surface area (Å²) in [6.07, 6.45) is 2.83. The lowest BCUT2D eigenvalue weighted by atomic mass is 9.78. The van der Waals surface area contributed by atoms with Gasteiger partial charge in [-0.25, -0.2) is 4.98 Å². The van der Waals surface area contributed by atoms with Crippen LogP contribution >= 0.6 is 11.3 Å². The lowest BCUT2D eigenvalue weighted by Crippen LogP contribution is -2.48. The van der Waals surface area contributed by atoms with E-state index in [1.54, 1.807) is 35.2 Å². The summed E-state index contributed by atoms with van der Waals surface area (Å²) in [6.45, 7) is 5.54. The lowest BCUT2D eigenvalue weighted by molar-refractivity contribution is -0.143. The molecule has 2 saturated heterocycles. The van der Waals surface area contributed by atoms with Gasteiger partial charge >= 0.3 is 0 Å². The van der Waals surface area contributed by atoms with E-state index in [4.69, 9.17) is 0 Å². The van der Waals surface area contributed by atoms with E-state index in [2.05, 4.69) is 15.3 Å². The average Bonchev–Trinajstić information content (AvgIpc) is 3.06. The van der Waals surface area contributed by atoms with Gasteiger partial charge in [-0.3, -0.25) is 14.5 Å². The number of piperidine rings is 1. The van der Waals surface area contributed by atoms with Crippen molar-refractivity contribution in [2.45, 2.75) is 32.7 Å². The molecule has 3 heterocycles. The average molecular weight is 350 g/mol. The van der Waals surface area contributed by atoms with E-state index in [0.717, 1.165) is 49.6 Å². The van der Waals surface area contributed by atoms with Crippen LogP contribution in [0.3, 0.4) is 0 Å². The lowest BCUT2D eigenvalue weighted by Gasteiger charge is -2.38. The first-order chi connectivity index (χ1) is 11.4. The Balaban J connectivity index is 1.64. The van der Waals surface area contributed by atoms with Crippen molar-refractivity contribution < 1.29 is 9.59 Å². The molecule has 2 aliphatic rings. The minimum atomic E-state index is -0.296. The molecule has 3 rings (SSSR count). The van der Waals surface area contributed by atoms with E-state index in [-0.39, 0.29) is 23.8 Å². The summed E-state index contributed by atoms with van der Waals surface area (Å²) in [6, 6.07) is 0. The SMILES string of the molecule is Cc1nc(CN2CCC[C@]3(CCN(CC(=O)N(C)C)C3=O)C2)cs1. The van der Waals surface area contributed by atoms with Crippen LogP contribution in [0, 0.1) is 12.3 Å². The molecular weight excluding hydrogens is 324 g/mol. The van der Waals surface area contributed by atoms with E-state index >= 15 is 0 Å². The van der Waals surface area contributed by atoms with Gasteiger partial charge in [-0.15, -0.1) is 11.3 Å². The fourth-order valence-electron chi connectivity index (χ4n) is 3.80. The first-order valence-corrected chi connectivity index (χ1v) is 9.40. The Morgan fingerprint density at radius 1 is 1.38 bits per heavy atom. The van der Waals surface area contributed by atoms with Gasteiger partial charge in [0.05, 0.1) is 22.7 Å². The minimum absolute atomic E-state index is 0.00832. The van der Waals surface area contributed by atoms with Crippen molar-refractivity contribution in [1.82, 2.24) is 19.7 Å². The molecule has 7 heteroatoms. The Labute approximate surface area is 147 Å². The number of aryl methyl sites for hydroxylation is 1. The maximum Gasteiger partial charge on any atom is 0.241 e. The van der Waals surface area contributed by atoms with Gasteiger partial charge in [-0.1, -0.05) is 0 Å². The zero-order chi connectivity index (χ0) is 17.3. The number of nitrogens with zero attached hydrogens (tertiary/aromatic N) is 4. The molecule has 2 amide bonds. The highest BCUT2D eigenvalue weighted by molar-refractivity contribution is 7.09. The maximum atomic E-state index is 13.0. The largest absolute Gasteiger partial charge is 0.347 e. The third-order valence-corrected chi connectivity index (χ3v) is 5.96.